The molecule has 2 aliphatic rings. The van der Waals surface area contributed by atoms with E-state index in [1.807, 2.05) is 60.4 Å². The van der Waals surface area contributed by atoms with Crippen molar-refractivity contribution < 1.29 is 14.3 Å². The fourth-order valence-electron chi connectivity index (χ4n) is 3.90. The highest BCUT2D eigenvalue weighted by Gasteiger charge is 2.41. The van der Waals surface area contributed by atoms with Gasteiger partial charge in [-0.15, -0.1) is 0 Å². The van der Waals surface area contributed by atoms with E-state index >= 15 is 0 Å². The van der Waals surface area contributed by atoms with Crippen molar-refractivity contribution in [3.05, 3.63) is 59.7 Å². The van der Waals surface area contributed by atoms with Crippen LogP contribution in [0.15, 0.2) is 48.5 Å². The van der Waals surface area contributed by atoms with Crippen molar-refractivity contribution in [1.29, 1.82) is 0 Å². The second-order valence-electron chi connectivity index (χ2n) is 7.76. The molecule has 5 heteroatoms. The Bertz CT molecular complexity index is 877. The summed E-state index contributed by atoms with van der Waals surface area (Å²) in [4.78, 5) is 29.7. The number of amides is 2. The summed E-state index contributed by atoms with van der Waals surface area (Å²) in [6, 6.07) is 16.2. The molecule has 1 heterocycles. The minimum absolute atomic E-state index is 0.0160. The molecule has 5 nitrogen and oxygen atoms in total. The standard InChI is InChI=1S/C23H26N2O3/c1-16-8-11-21(28-2)20(12-16)25-15-18(13-22(25)26)23(27)24(19-9-10-19)14-17-6-4-3-5-7-17/h3-8,11-12,18-19H,9-10,13-15H2,1-2H3. The highest BCUT2D eigenvalue weighted by molar-refractivity contribution is 6.01. The van der Waals surface area contributed by atoms with Gasteiger partial charge < -0.3 is 14.5 Å². The monoisotopic (exact) mass is 378 g/mol. The Morgan fingerprint density at radius 3 is 2.61 bits per heavy atom. The highest BCUT2D eigenvalue weighted by atomic mass is 16.5. The van der Waals surface area contributed by atoms with Crippen molar-refractivity contribution in [2.24, 2.45) is 5.92 Å². The summed E-state index contributed by atoms with van der Waals surface area (Å²) in [6.07, 6.45) is 2.36. The zero-order valence-electron chi connectivity index (χ0n) is 16.4. The van der Waals surface area contributed by atoms with Crippen LogP contribution in [0.4, 0.5) is 5.69 Å². The van der Waals surface area contributed by atoms with Crippen LogP contribution in [0.25, 0.3) is 0 Å². The maximum atomic E-state index is 13.3. The van der Waals surface area contributed by atoms with E-state index in [0.717, 1.165) is 29.7 Å². The molecule has 1 saturated heterocycles. The number of anilines is 1. The van der Waals surface area contributed by atoms with Crippen LogP contribution >= 0.6 is 0 Å². The van der Waals surface area contributed by atoms with Crippen molar-refractivity contribution in [3.63, 3.8) is 0 Å². The summed E-state index contributed by atoms with van der Waals surface area (Å²) < 4.78 is 5.44. The first-order valence-electron chi connectivity index (χ1n) is 9.86. The van der Waals surface area contributed by atoms with Crippen molar-refractivity contribution in [2.75, 3.05) is 18.6 Å². The van der Waals surface area contributed by atoms with Crippen molar-refractivity contribution in [3.8, 4) is 5.75 Å². The number of carbonyl (C=O) groups is 2. The Morgan fingerprint density at radius 2 is 1.93 bits per heavy atom. The molecular formula is C23H26N2O3. The first kappa shape index (κ1) is 18.5. The van der Waals surface area contributed by atoms with Gasteiger partial charge in [-0.05, 0) is 43.0 Å². The van der Waals surface area contributed by atoms with Gasteiger partial charge in [0.1, 0.15) is 5.75 Å². The SMILES string of the molecule is COc1ccc(C)cc1N1CC(C(=O)N(Cc2ccccc2)C2CC2)CC1=O. The Morgan fingerprint density at radius 1 is 1.18 bits per heavy atom. The summed E-state index contributed by atoms with van der Waals surface area (Å²) in [6.45, 7) is 3.01. The maximum Gasteiger partial charge on any atom is 0.228 e. The number of aryl methyl sites for hydroxylation is 1. The van der Waals surface area contributed by atoms with Gasteiger partial charge in [0.05, 0.1) is 18.7 Å². The van der Waals surface area contributed by atoms with Gasteiger partial charge in [-0.3, -0.25) is 9.59 Å². The third-order valence-corrected chi connectivity index (χ3v) is 5.57. The Labute approximate surface area is 165 Å². The van der Waals surface area contributed by atoms with Gasteiger partial charge in [0.2, 0.25) is 11.8 Å². The summed E-state index contributed by atoms with van der Waals surface area (Å²) >= 11 is 0. The maximum absolute atomic E-state index is 13.3. The molecule has 1 aliphatic heterocycles. The number of carbonyl (C=O) groups excluding carboxylic acids is 2. The Balaban J connectivity index is 1.53. The molecule has 1 atom stereocenters. The number of rotatable bonds is 6. The number of hydrogen-bond acceptors (Lipinski definition) is 3. The molecular weight excluding hydrogens is 352 g/mol. The van der Waals surface area contributed by atoms with Crippen LogP contribution in [-0.4, -0.2) is 36.4 Å². The molecule has 0 bridgehead atoms. The average Bonchev–Trinajstić information content (AvgIpc) is 3.47. The first-order chi connectivity index (χ1) is 13.6. The zero-order valence-corrected chi connectivity index (χ0v) is 16.4. The predicted molar refractivity (Wildman–Crippen MR) is 108 cm³/mol. The highest BCUT2D eigenvalue weighted by Crippen LogP contribution is 2.36. The van der Waals surface area contributed by atoms with Crippen molar-refractivity contribution >= 4 is 17.5 Å². The lowest BCUT2D eigenvalue weighted by molar-refractivity contribution is -0.137. The molecule has 0 aromatic heterocycles. The number of benzene rings is 2. The summed E-state index contributed by atoms with van der Waals surface area (Å²) in [5, 5.41) is 0. The number of ether oxygens (including phenoxy) is 1. The van der Waals surface area contributed by atoms with Gasteiger partial charge in [-0.1, -0.05) is 36.4 Å². The van der Waals surface area contributed by atoms with Crippen molar-refractivity contribution in [2.45, 2.75) is 38.8 Å². The molecule has 28 heavy (non-hydrogen) atoms. The minimum atomic E-state index is -0.304. The van der Waals surface area contributed by atoms with Crippen molar-refractivity contribution in [1.82, 2.24) is 4.90 Å². The van der Waals surface area contributed by atoms with Crippen LogP contribution in [0.2, 0.25) is 0 Å². The molecule has 2 aromatic carbocycles. The Kier molecular flexibility index (Phi) is 5.07. The van der Waals surface area contributed by atoms with E-state index in [2.05, 4.69) is 0 Å². The normalized spacial score (nSPS) is 19.0. The molecule has 146 valence electrons. The lowest BCUT2D eigenvalue weighted by Gasteiger charge is -2.26. The van der Waals surface area contributed by atoms with E-state index in [0.29, 0.717) is 24.9 Å². The number of nitrogens with zero attached hydrogens (tertiary/aromatic N) is 2. The Hall–Kier alpha value is -2.82. The van der Waals surface area contributed by atoms with E-state index in [4.69, 9.17) is 4.74 Å². The third-order valence-electron chi connectivity index (χ3n) is 5.57. The molecule has 0 radical (unpaired) electrons. The van der Waals surface area contributed by atoms with E-state index in [1.165, 1.54) is 0 Å². The van der Waals surface area contributed by atoms with Crippen LogP contribution in [-0.2, 0) is 16.1 Å². The van der Waals surface area contributed by atoms with Gasteiger partial charge in [0.25, 0.3) is 0 Å². The fraction of sp³-hybridized carbons (Fsp3) is 0.391. The van der Waals surface area contributed by atoms with E-state index in [1.54, 1.807) is 12.0 Å². The molecule has 0 spiro atoms. The van der Waals surface area contributed by atoms with Gasteiger partial charge in [-0.25, -0.2) is 0 Å². The molecule has 2 amide bonds. The van der Waals surface area contributed by atoms with Crippen LogP contribution in [0.3, 0.4) is 0 Å². The number of hydrogen-bond donors (Lipinski definition) is 0. The number of methoxy groups -OCH3 is 1. The smallest absolute Gasteiger partial charge is 0.228 e. The average molecular weight is 378 g/mol. The van der Waals surface area contributed by atoms with Gasteiger partial charge >= 0.3 is 0 Å². The lowest BCUT2D eigenvalue weighted by Crippen LogP contribution is -2.38. The van der Waals surface area contributed by atoms with E-state index < -0.39 is 0 Å². The minimum Gasteiger partial charge on any atom is -0.495 e. The quantitative estimate of drug-likeness (QED) is 0.772. The topological polar surface area (TPSA) is 49.9 Å². The summed E-state index contributed by atoms with van der Waals surface area (Å²) in [7, 11) is 1.60. The van der Waals surface area contributed by atoms with Crippen LogP contribution in [0.1, 0.15) is 30.4 Å². The second kappa shape index (κ2) is 7.66. The molecule has 0 N–H and O–H groups in total. The van der Waals surface area contributed by atoms with E-state index in [-0.39, 0.29) is 24.2 Å². The zero-order chi connectivity index (χ0) is 19.7. The van der Waals surface area contributed by atoms with Crippen LogP contribution in [0.5, 0.6) is 5.75 Å². The summed E-state index contributed by atoms with van der Waals surface area (Å²) in [5.74, 6) is 0.434. The van der Waals surface area contributed by atoms with E-state index in [9.17, 15) is 9.59 Å². The molecule has 2 fully saturated rings. The molecule has 4 rings (SSSR count). The van der Waals surface area contributed by atoms with Gasteiger partial charge in [-0.2, -0.15) is 0 Å². The summed E-state index contributed by atoms with van der Waals surface area (Å²) in [5.41, 5.74) is 2.94. The first-order valence-corrected chi connectivity index (χ1v) is 9.86. The van der Waals surface area contributed by atoms with Crippen LogP contribution < -0.4 is 9.64 Å². The van der Waals surface area contributed by atoms with Crippen LogP contribution in [0, 0.1) is 12.8 Å². The van der Waals surface area contributed by atoms with Gasteiger partial charge in [0.15, 0.2) is 0 Å². The largest absolute Gasteiger partial charge is 0.495 e. The molecule has 1 aliphatic carbocycles. The van der Waals surface area contributed by atoms with Gasteiger partial charge in [0, 0.05) is 25.6 Å². The lowest BCUT2D eigenvalue weighted by atomic mass is 10.1. The second-order valence-corrected chi connectivity index (χ2v) is 7.76. The molecule has 1 unspecified atom stereocenters. The fourth-order valence-corrected chi connectivity index (χ4v) is 3.90. The third kappa shape index (κ3) is 3.75. The predicted octanol–water partition coefficient (Wildman–Crippen LogP) is 3.55. The molecule has 2 aromatic rings. The molecule has 1 saturated carbocycles.